The van der Waals surface area contributed by atoms with Crippen LogP contribution in [0.1, 0.15) is 11.1 Å². The average molecular weight is 334 g/mol. The van der Waals surface area contributed by atoms with E-state index in [2.05, 4.69) is 0 Å². The van der Waals surface area contributed by atoms with Crippen molar-refractivity contribution in [2.24, 2.45) is 0 Å². The number of rotatable bonds is 5. The largest absolute Gasteiger partial charge is 0.508 e. The van der Waals surface area contributed by atoms with Crippen molar-refractivity contribution in [3.05, 3.63) is 53.6 Å². The summed E-state index contributed by atoms with van der Waals surface area (Å²) in [4.78, 5) is 20.5. The molecule has 24 heavy (non-hydrogen) atoms. The number of methoxy groups -OCH3 is 1. The van der Waals surface area contributed by atoms with E-state index in [-0.39, 0.29) is 29.9 Å². The first kappa shape index (κ1) is 18.8. The molecule has 0 fully saturated rings. The highest BCUT2D eigenvalue weighted by Crippen LogP contribution is 2.22. The van der Waals surface area contributed by atoms with E-state index in [0.29, 0.717) is 0 Å². The molecule has 2 aromatic rings. The Kier molecular flexibility index (Phi) is 7.09. The van der Waals surface area contributed by atoms with Crippen molar-refractivity contribution >= 4 is 11.9 Å². The Labute approximate surface area is 138 Å². The van der Waals surface area contributed by atoms with E-state index in [0.717, 1.165) is 11.3 Å². The first-order chi connectivity index (χ1) is 11.3. The van der Waals surface area contributed by atoms with Gasteiger partial charge in [-0.2, -0.15) is 0 Å². The summed E-state index contributed by atoms with van der Waals surface area (Å²) in [6.45, 7) is 0. The highest BCUT2D eigenvalue weighted by atomic mass is 16.5. The third kappa shape index (κ3) is 6.69. The van der Waals surface area contributed by atoms with Crippen molar-refractivity contribution in [2.45, 2.75) is 12.8 Å². The zero-order valence-corrected chi connectivity index (χ0v) is 13.0. The molecule has 0 saturated carbocycles. The Balaban J connectivity index is 0.000000240. The minimum Gasteiger partial charge on any atom is -0.508 e. The SMILES string of the molecule is COc1ccc(CC(=O)O)cc1.O=C(O)Cc1cc(O)ccc1O. The van der Waals surface area contributed by atoms with Crippen LogP contribution in [0.4, 0.5) is 0 Å². The first-order valence-electron chi connectivity index (χ1n) is 6.89. The Morgan fingerprint density at radius 1 is 0.917 bits per heavy atom. The molecule has 2 aromatic carbocycles. The van der Waals surface area contributed by atoms with Crippen LogP contribution in [0.25, 0.3) is 0 Å². The molecule has 7 heteroatoms. The van der Waals surface area contributed by atoms with Gasteiger partial charge in [-0.15, -0.1) is 0 Å². The summed E-state index contributed by atoms with van der Waals surface area (Å²) in [5.41, 5.74) is 0.991. The molecule has 0 bridgehead atoms. The monoisotopic (exact) mass is 334 g/mol. The predicted octanol–water partition coefficient (Wildman–Crippen LogP) is 2.05. The van der Waals surface area contributed by atoms with Crippen molar-refractivity contribution in [3.8, 4) is 17.2 Å². The number of hydrogen-bond acceptors (Lipinski definition) is 5. The van der Waals surface area contributed by atoms with Gasteiger partial charge in [-0.05, 0) is 35.9 Å². The fourth-order valence-corrected chi connectivity index (χ4v) is 1.79. The number of phenolic OH excluding ortho intramolecular Hbond substituents is 2. The number of aromatic hydroxyl groups is 2. The molecule has 128 valence electrons. The van der Waals surface area contributed by atoms with Crippen LogP contribution in [0.5, 0.6) is 17.2 Å². The van der Waals surface area contributed by atoms with E-state index in [1.807, 2.05) is 0 Å². The molecule has 0 aromatic heterocycles. The van der Waals surface area contributed by atoms with E-state index in [9.17, 15) is 9.59 Å². The lowest BCUT2D eigenvalue weighted by atomic mass is 10.1. The molecule has 0 unspecified atom stereocenters. The Bertz CT molecular complexity index is 693. The summed E-state index contributed by atoms with van der Waals surface area (Å²) in [6.07, 6.45) is -0.232. The summed E-state index contributed by atoms with van der Waals surface area (Å²) in [7, 11) is 1.58. The van der Waals surface area contributed by atoms with Crippen LogP contribution in [0, 0.1) is 0 Å². The number of carboxylic acids is 2. The summed E-state index contributed by atoms with van der Waals surface area (Å²) in [6, 6.07) is 10.8. The highest BCUT2D eigenvalue weighted by Gasteiger charge is 2.06. The fourth-order valence-electron chi connectivity index (χ4n) is 1.79. The molecule has 7 nitrogen and oxygen atoms in total. The van der Waals surface area contributed by atoms with Crippen molar-refractivity contribution in [1.29, 1.82) is 0 Å². The lowest BCUT2D eigenvalue weighted by Crippen LogP contribution is -1.99. The molecule has 2 rings (SSSR count). The molecule has 0 radical (unpaired) electrons. The number of carbonyl (C=O) groups is 2. The molecule has 0 aliphatic rings. The van der Waals surface area contributed by atoms with Crippen LogP contribution in [0.3, 0.4) is 0 Å². The topological polar surface area (TPSA) is 124 Å². The Hall–Kier alpha value is -3.22. The number of benzene rings is 2. The zero-order chi connectivity index (χ0) is 18.1. The van der Waals surface area contributed by atoms with Gasteiger partial charge in [-0.25, -0.2) is 0 Å². The van der Waals surface area contributed by atoms with Gasteiger partial charge in [-0.1, -0.05) is 12.1 Å². The van der Waals surface area contributed by atoms with E-state index in [4.69, 9.17) is 25.2 Å². The second-order valence-electron chi connectivity index (χ2n) is 4.80. The number of hydrogen-bond donors (Lipinski definition) is 4. The Morgan fingerprint density at radius 2 is 1.50 bits per heavy atom. The molecule has 0 heterocycles. The maximum Gasteiger partial charge on any atom is 0.307 e. The second kappa shape index (κ2) is 9.04. The molecule has 0 aliphatic carbocycles. The molecular formula is C17H18O7. The molecule has 4 N–H and O–H groups in total. The summed E-state index contributed by atoms with van der Waals surface area (Å²) >= 11 is 0. The fraction of sp³-hybridized carbons (Fsp3) is 0.176. The first-order valence-corrected chi connectivity index (χ1v) is 6.89. The van der Waals surface area contributed by atoms with Crippen LogP contribution in [0.2, 0.25) is 0 Å². The molecule has 0 atom stereocenters. The number of carboxylic acid groups (broad SMARTS) is 2. The Morgan fingerprint density at radius 3 is 2.00 bits per heavy atom. The number of phenols is 2. The molecule has 0 amide bonds. The lowest BCUT2D eigenvalue weighted by molar-refractivity contribution is -0.137. The smallest absolute Gasteiger partial charge is 0.307 e. The third-order valence-corrected chi connectivity index (χ3v) is 2.92. The van der Waals surface area contributed by atoms with Crippen molar-refractivity contribution in [1.82, 2.24) is 0 Å². The van der Waals surface area contributed by atoms with Gasteiger partial charge in [0.2, 0.25) is 0 Å². The van der Waals surface area contributed by atoms with Crippen molar-refractivity contribution < 1.29 is 34.8 Å². The van der Waals surface area contributed by atoms with Gasteiger partial charge in [0.25, 0.3) is 0 Å². The summed E-state index contributed by atoms with van der Waals surface area (Å²) < 4.78 is 4.93. The van der Waals surface area contributed by atoms with Crippen LogP contribution < -0.4 is 4.74 Å². The average Bonchev–Trinajstić information content (AvgIpc) is 2.51. The van der Waals surface area contributed by atoms with Gasteiger partial charge in [-0.3, -0.25) is 9.59 Å². The minimum atomic E-state index is -1.05. The normalized spacial score (nSPS) is 9.54. The van der Waals surface area contributed by atoms with E-state index in [1.165, 1.54) is 18.2 Å². The van der Waals surface area contributed by atoms with Gasteiger partial charge >= 0.3 is 11.9 Å². The maximum absolute atomic E-state index is 10.3. The predicted molar refractivity (Wildman–Crippen MR) is 85.4 cm³/mol. The maximum atomic E-state index is 10.3. The summed E-state index contributed by atoms with van der Waals surface area (Å²) in [5, 5.41) is 34.9. The van der Waals surface area contributed by atoms with E-state index in [1.54, 1.807) is 31.4 Å². The van der Waals surface area contributed by atoms with Gasteiger partial charge in [0, 0.05) is 5.56 Å². The molecule has 0 spiro atoms. The van der Waals surface area contributed by atoms with Gasteiger partial charge < -0.3 is 25.2 Å². The van der Waals surface area contributed by atoms with Crippen LogP contribution in [0.15, 0.2) is 42.5 Å². The summed E-state index contributed by atoms with van der Waals surface area (Å²) in [5.74, 6) is -1.29. The van der Waals surface area contributed by atoms with Crippen LogP contribution in [-0.4, -0.2) is 39.5 Å². The molecule has 0 aliphatic heterocycles. The molecule has 0 saturated heterocycles. The third-order valence-electron chi connectivity index (χ3n) is 2.92. The standard InChI is InChI=1S/C9H10O3.C8H8O4/c1-12-8-4-2-7(3-5-8)6-9(10)11;9-6-1-2-7(10)5(3-6)4-8(11)12/h2-5H,6H2,1H3,(H,10,11);1-3,9-10H,4H2,(H,11,12). The van der Waals surface area contributed by atoms with Crippen molar-refractivity contribution in [2.75, 3.05) is 7.11 Å². The lowest BCUT2D eigenvalue weighted by Gasteiger charge is -2.00. The zero-order valence-electron chi connectivity index (χ0n) is 13.0. The van der Waals surface area contributed by atoms with Crippen LogP contribution >= 0.6 is 0 Å². The van der Waals surface area contributed by atoms with E-state index >= 15 is 0 Å². The number of ether oxygens (including phenoxy) is 1. The van der Waals surface area contributed by atoms with E-state index < -0.39 is 11.9 Å². The van der Waals surface area contributed by atoms with Gasteiger partial charge in [0.1, 0.15) is 17.2 Å². The quantitative estimate of drug-likeness (QED) is 0.617. The second-order valence-corrected chi connectivity index (χ2v) is 4.80. The van der Waals surface area contributed by atoms with Crippen LogP contribution in [-0.2, 0) is 22.4 Å². The number of aliphatic carboxylic acids is 2. The minimum absolute atomic E-state index is 0.0518. The molecular weight excluding hydrogens is 316 g/mol. The van der Waals surface area contributed by atoms with Crippen molar-refractivity contribution in [3.63, 3.8) is 0 Å². The highest BCUT2D eigenvalue weighted by molar-refractivity contribution is 5.71. The van der Waals surface area contributed by atoms with Gasteiger partial charge in [0.15, 0.2) is 0 Å². The van der Waals surface area contributed by atoms with Gasteiger partial charge in [0.05, 0.1) is 20.0 Å².